The molecule has 8 nitrogen and oxygen atoms in total. The van der Waals surface area contributed by atoms with Crippen LogP contribution in [0.4, 0.5) is 0 Å². The number of rotatable bonds is 12. The van der Waals surface area contributed by atoms with Gasteiger partial charge in [0.1, 0.15) is 0 Å². The molecule has 4 heterocycles. The van der Waals surface area contributed by atoms with Crippen LogP contribution < -0.4 is 0 Å². The van der Waals surface area contributed by atoms with Crippen molar-refractivity contribution in [2.45, 2.75) is 24.7 Å². The molecule has 0 aliphatic heterocycles. The largest absolute Gasteiger partial charge is 0.264 e. The molecule has 0 amide bonds. The van der Waals surface area contributed by atoms with Crippen molar-refractivity contribution < 1.29 is 0 Å². The van der Waals surface area contributed by atoms with Crippen molar-refractivity contribution in [1.29, 1.82) is 0 Å². The highest BCUT2D eigenvalue weighted by molar-refractivity contribution is 6.07. The summed E-state index contributed by atoms with van der Waals surface area (Å²) in [6.07, 6.45) is 7.32. The van der Waals surface area contributed by atoms with Crippen molar-refractivity contribution in [2.75, 3.05) is 0 Å². The molecule has 3 aliphatic carbocycles. The van der Waals surface area contributed by atoms with Gasteiger partial charge in [-0.15, -0.1) is 0 Å². The van der Waals surface area contributed by atoms with Crippen molar-refractivity contribution in [2.24, 2.45) is 0 Å². The highest BCUT2D eigenvalue weighted by Gasteiger charge is 2.52. The van der Waals surface area contributed by atoms with E-state index in [1.54, 1.807) is 12.4 Å². The van der Waals surface area contributed by atoms with Gasteiger partial charge in [0, 0.05) is 63.6 Å². The van der Waals surface area contributed by atoms with Crippen molar-refractivity contribution in [3.63, 3.8) is 0 Å². The number of fused-ring (bicyclic) bond motifs is 15. The van der Waals surface area contributed by atoms with E-state index in [1.165, 1.54) is 99.8 Å². The van der Waals surface area contributed by atoms with Gasteiger partial charge in [-0.1, -0.05) is 378 Å². The third-order valence-electron chi connectivity index (χ3n) is 23.6. The molecule has 8 heteroatoms. The van der Waals surface area contributed by atoms with Crippen molar-refractivity contribution >= 4 is 10.8 Å². The average molecular weight is 1480 g/mol. The van der Waals surface area contributed by atoms with Gasteiger partial charge in [0.25, 0.3) is 0 Å². The van der Waals surface area contributed by atoms with E-state index in [2.05, 4.69) is 327 Å². The monoisotopic (exact) mass is 1480 g/mol. The lowest BCUT2D eigenvalue weighted by molar-refractivity contribution is 0.661. The Bertz CT molecular complexity index is 6910. The minimum Gasteiger partial charge on any atom is -0.264 e. The maximum absolute atomic E-state index is 5.01. The van der Waals surface area contributed by atoms with Gasteiger partial charge in [0.15, 0.2) is 34.9 Å². The fourth-order valence-electron chi connectivity index (χ4n) is 17.9. The summed E-state index contributed by atoms with van der Waals surface area (Å²) in [5, 5.41) is 2.59. The highest BCUT2D eigenvalue weighted by Crippen LogP contribution is 2.64. The van der Waals surface area contributed by atoms with Crippen molar-refractivity contribution in [3.05, 3.63) is 434 Å². The van der Waals surface area contributed by atoms with Crippen molar-refractivity contribution in [3.8, 4) is 168 Å². The Labute approximate surface area is 673 Å². The summed E-state index contributed by atoms with van der Waals surface area (Å²) in [4.78, 5) is 38.3. The second-order valence-corrected chi connectivity index (χ2v) is 30.5. The number of hydrogen-bond donors (Lipinski definition) is 0. The van der Waals surface area contributed by atoms with Gasteiger partial charge in [-0.05, 0) is 156 Å². The molecule has 0 atom stereocenters. The van der Waals surface area contributed by atoms with Crippen LogP contribution in [-0.2, 0) is 10.8 Å². The number of nitrogens with zero attached hydrogens (tertiary/aromatic N) is 8. The lowest BCUT2D eigenvalue weighted by Gasteiger charge is -2.30. The summed E-state index contributed by atoms with van der Waals surface area (Å²) in [6.45, 7) is 4.70. The van der Waals surface area contributed by atoms with Gasteiger partial charge in [-0.2, -0.15) is 0 Å². The lowest BCUT2D eigenvalue weighted by atomic mass is 9.70. The van der Waals surface area contributed by atoms with Gasteiger partial charge in [-0.3, -0.25) is 9.97 Å². The Morgan fingerprint density at radius 1 is 0.181 bits per heavy atom. The normalized spacial score (nSPS) is 12.7. The molecule has 15 aromatic carbocycles. The fraction of sp³-hybridized carbons (Fsp3) is 0.0370. The van der Waals surface area contributed by atoms with E-state index in [0.717, 1.165) is 77.9 Å². The molecule has 0 saturated heterocycles. The van der Waals surface area contributed by atoms with Crippen LogP contribution in [0.5, 0.6) is 0 Å². The minimum atomic E-state index is -0.358. The maximum atomic E-state index is 5.01. The predicted octanol–water partition coefficient (Wildman–Crippen LogP) is 26.3. The molecular weight excluding hydrogens is 1410 g/mol. The van der Waals surface area contributed by atoms with E-state index in [9.17, 15) is 0 Å². The third-order valence-corrected chi connectivity index (χ3v) is 23.6. The molecule has 22 rings (SSSR count). The Balaban J connectivity index is 0.000000146. The fourth-order valence-corrected chi connectivity index (χ4v) is 17.9. The molecular formula is C108H72N8. The Kier molecular flexibility index (Phi) is 17.0. The summed E-state index contributed by atoms with van der Waals surface area (Å²) in [5.74, 6) is 3.81. The van der Waals surface area contributed by atoms with E-state index in [0.29, 0.717) is 34.9 Å². The number of aromatic nitrogens is 8. The van der Waals surface area contributed by atoms with E-state index >= 15 is 0 Å². The van der Waals surface area contributed by atoms with Crippen LogP contribution in [-0.4, -0.2) is 39.9 Å². The van der Waals surface area contributed by atoms with E-state index in [-0.39, 0.29) is 10.8 Å². The summed E-state index contributed by atoms with van der Waals surface area (Å²) in [7, 11) is 0. The maximum Gasteiger partial charge on any atom is 0.164 e. The van der Waals surface area contributed by atoms with Gasteiger partial charge in [-0.25, -0.2) is 29.9 Å². The standard InChI is InChI=1S/C57H36N4.C51H36N4/c1-2-12-41(13-3-1)54-59-55(61-56(60-54)43-33-27-39(28-34-43)44-14-11-35-58-36-44)42-31-25-38(26-32-42)37-23-29-40(30-24-37)45-18-10-22-52-53(45)48-17-6-9-21-51(48)57(52)49-19-7-4-15-46(49)47-16-5-8-20-50(47)57;1-51(2)44-16-8-15-43(46(44)47-42-14-7-6-10-36(42)29-30-45(47)51)37-23-17-33(18-24-37)34-19-25-39(26-20-34)49-53-48(38-11-4-3-5-12-38)54-50(55-49)40-27-21-35(22-28-40)41-13-9-31-52-32-41/h1-36H;3-32H,1-2H3. The van der Waals surface area contributed by atoms with Crippen LogP contribution in [0.2, 0.25) is 0 Å². The van der Waals surface area contributed by atoms with Gasteiger partial charge >= 0.3 is 0 Å². The molecule has 0 saturated carbocycles. The SMILES string of the molecule is CC1(C)c2cccc(-c3ccc(-c4ccc(-c5nc(-c6ccccc6)nc(-c6ccc(-c7cccnc7)cc6)n5)cc4)cc3)c2-c2c1ccc1ccccc21.c1ccc(-c2nc(-c3ccc(-c4ccc(-c5cccc6c5-c5ccccc5C65c6ccccc6-c6ccccc65)cc4)cc3)nc(-c3ccc(-c4cccnc4)cc3)n2)cc1. The van der Waals surface area contributed by atoms with Crippen LogP contribution in [0.15, 0.2) is 401 Å². The topological polar surface area (TPSA) is 103 Å². The van der Waals surface area contributed by atoms with Crippen LogP contribution >= 0.6 is 0 Å². The zero-order valence-corrected chi connectivity index (χ0v) is 63.7. The molecule has 0 unspecified atom stereocenters. The molecule has 0 bridgehead atoms. The first-order valence-electron chi connectivity index (χ1n) is 39.4. The van der Waals surface area contributed by atoms with Gasteiger partial charge in [0.2, 0.25) is 0 Å². The number of benzene rings is 15. The van der Waals surface area contributed by atoms with E-state index in [1.807, 2.05) is 85.2 Å². The molecule has 4 aromatic heterocycles. The average Bonchev–Trinajstić information content (AvgIpc) is 1.52. The Hall–Kier alpha value is -15.1. The smallest absolute Gasteiger partial charge is 0.164 e. The van der Waals surface area contributed by atoms with Crippen LogP contribution in [0.1, 0.15) is 47.2 Å². The highest BCUT2D eigenvalue weighted by atomic mass is 15.0. The molecule has 1 spiro atoms. The van der Waals surface area contributed by atoms with E-state index in [4.69, 9.17) is 29.9 Å². The second-order valence-electron chi connectivity index (χ2n) is 30.5. The van der Waals surface area contributed by atoms with Crippen LogP contribution in [0.3, 0.4) is 0 Å². The summed E-state index contributed by atoms with van der Waals surface area (Å²) in [5.41, 5.74) is 35.2. The second kappa shape index (κ2) is 28.6. The summed E-state index contributed by atoms with van der Waals surface area (Å²) in [6, 6.07) is 134. The molecule has 0 radical (unpaired) electrons. The Morgan fingerprint density at radius 2 is 0.474 bits per heavy atom. The molecule has 0 fully saturated rings. The molecule has 0 N–H and O–H groups in total. The minimum absolute atomic E-state index is 0.0710. The molecule has 544 valence electrons. The quantitative estimate of drug-likeness (QED) is 0.119. The first-order valence-corrected chi connectivity index (χ1v) is 39.4. The lowest BCUT2D eigenvalue weighted by Crippen LogP contribution is -2.25. The van der Waals surface area contributed by atoms with Gasteiger partial charge < -0.3 is 0 Å². The number of pyridine rings is 2. The first kappa shape index (κ1) is 68.9. The van der Waals surface area contributed by atoms with Crippen LogP contribution in [0, 0.1) is 0 Å². The third kappa shape index (κ3) is 11.9. The summed E-state index contributed by atoms with van der Waals surface area (Å²) >= 11 is 0. The van der Waals surface area contributed by atoms with Crippen molar-refractivity contribution in [1.82, 2.24) is 39.9 Å². The number of hydrogen-bond acceptors (Lipinski definition) is 8. The Morgan fingerprint density at radius 3 is 0.888 bits per heavy atom. The van der Waals surface area contributed by atoms with E-state index < -0.39 is 0 Å². The zero-order valence-electron chi connectivity index (χ0n) is 63.7. The zero-order chi connectivity index (χ0) is 77.3. The molecule has 3 aliphatic rings. The molecule has 116 heavy (non-hydrogen) atoms. The summed E-state index contributed by atoms with van der Waals surface area (Å²) < 4.78 is 0. The molecule has 19 aromatic rings. The van der Waals surface area contributed by atoms with Gasteiger partial charge in [0.05, 0.1) is 5.41 Å². The first-order chi connectivity index (χ1) is 57.2. The van der Waals surface area contributed by atoms with Crippen LogP contribution in [0.25, 0.3) is 179 Å². The predicted molar refractivity (Wildman–Crippen MR) is 472 cm³/mol.